The van der Waals surface area contributed by atoms with Gasteiger partial charge in [0.25, 0.3) is 0 Å². The maximum absolute atomic E-state index is 12.2. The van der Waals surface area contributed by atoms with E-state index in [-0.39, 0.29) is 12.0 Å². The first-order chi connectivity index (χ1) is 9.90. The maximum Gasteiger partial charge on any atom is 0.410 e. The third-order valence-corrected chi connectivity index (χ3v) is 3.64. The second-order valence-electron chi connectivity index (χ2n) is 6.51. The Kier molecular flexibility index (Phi) is 4.66. The summed E-state index contributed by atoms with van der Waals surface area (Å²) in [6, 6.07) is 7.61. The number of rotatable bonds is 2. The lowest BCUT2D eigenvalue weighted by Gasteiger charge is -2.34. The van der Waals surface area contributed by atoms with Crippen molar-refractivity contribution in [2.75, 3.05) is 13.1 Å². The largest absolute Gasteiger partial charge is 0.444 e. The summed E-state index contributed by atoms with van der Waals surface area (Å²) in [5.74, 6) is 0.202. The Labute approximate surface area is 126 Å². The Hall–Kier alpha value is -1.84. The SMILES string of the molecule is CC(C)(C)OC(=O)N1CCCC(c2ccccc2C=O)C1. The van der Waals surface area contributed by atoms with E-state index in [1.165, 1.54) is 0 Å². The van der Waals surface area contributed by atoms with E-state index in [9.17, 15) is 9.59 Å². The van der Waals surface area contributed by atoms with Gasteiger partial charge in [0.15, 0.2) is 0 Å². The highest BCUT2D eigenvalue weighted by Gasteiger charge is 2.29. The molecule has 114 valence electrons. The van der Waals surface area contributed by atoms with E-state index >= 15 is 0 Å². The van der Waals surface area contributed by atoms with Crippen molar-refractivity contribution in [1.29, 1.82) is 0 Å². The van der Waals surface area contributed by atoms with Gasteiger partial charge in [0, 0.05) is 24.6 Å². The van der Waals surface area contributed by atoms with Crippen LogP contribution in [0.4, 0.5) is 4.79 Å². The zero-order valence-corrected chi connectivity index (χ0v) is 13.0. The topological polar surface area (TPSA) is 46.6 Å². The fourth-order valence-corrected chi connectivity index (χ4v) is 2.71. The smallest absolute Gasteiger partial charge is 0.410 e. The van der Waals surface area contributed by atoms with Gasteiger partial charge in [-0.15, -0.1) is 0 Å². The van der Waals surface area contributed by atoms with Crippen molar-refractivity contribution in [2.45, 2.75) is 45.1 Å². The third kappa shape index (κ3) is 4.06. The minimum Gasteiger partial charge on any atom is -0.444 e. The van der Waals surface area contributed by atoms with Crippen molar-refractivity contribution in [3.8, 4) is 0 Å². The number of benzene rings is 1. The van der Waals surface area contributed by atoms with Gasteiger partial charge in [0.2, 0.25) is 0 Å². The molecule has 0 bridgehead atoms. The first-order valence-electron chi connectivity index (χ1n) is 7.43. The molecule has 2 rings (SSSR count). The monoisotopic (exact) mass is 289 g/mol. The van der Waals surface area contributed by atoms with E-state index in [1.54, 1.807) is 4.90 Å². The van der Waals surface area contributed by atoms with Crippen LogP contribution in [0.25, 0.3) is 0 Å². The lowest BCUT2D eigenvalue weighted by atomic mass is 9.88. The number of hydrogen-bond acceptors (Lipinski definition) is 3. The third-order valence-electron chi connectivity index (χ3n) is 3.64. The highest BCUT2D eigenvalue weighted by Crippen LogP contribution is 2.29. The molecule has 4 heteroatoms. The molecule has 0 spiro atoms. The van der Waals surface area contributed by atoms with Crippen LogP contribution in [-0.4, -0.2) is 36.0 Å². The van der Waals surface area contributed by atoms with Crippen molar-refractivity contribution < 1.29 is 14.3 Å². The summed E-state index contributed by atoms with van der Waals surface area (Å²) >= 11 is 0. The van der Waals surface area contributed by atoms with Crippen molar-refractivity contribution in [1.82, 2.24) is 4.90 Å². The fraction of sp³-hybridized carbons (Fsp3) is 0.529. The molecule has 1 atom stereocenters. The molecule has 1 fully saturated rings. The van der Waals surface area contributed by atoms with Gasteiger partial charge < -0.3 is 9.64 Å². The number of hydrogen-bond donors (Lipinski definition) is 0. The van der Waals surface area contributed by atoms with Crippen molar-refractivity contribution in [3.05, 3.63) is 35.4 Å². The van der Waals surface area contributed by atoms with Crippen LogP contribution in [0.1, 0.15) is 55.5 Å². The van der Waals surface area contributed by atoms with Crippen LogP contribution in [0.5, 0.6) is 0 Å². The zero-order valence-electron chi connectivity index (χ0n) is 13.0. The average molecular weight is 289 g/mol. The van der Waals surface area contributed by atoms with Gasteiger partial charge in [-0.2, -0.15) is 0 Å². The average Bonchev–Trinajstić information content (AvgIpc) is 2.45. The summed E-state index contributed by atoms with van der Waals surface area (Å²) in [5, 5.41) is 0. The summed E-state index contributed by atoms with van der Waals surface area (Å²) < 4.78 is 5.44. The minimum atomic E-state index is -0.481. The molecule has 1 aliphatic heterocycles. The molecule has 0 saturated carbocycles. The molecule has 4 nitrogen and oxygen atoms in total. The molecule has 1 aliphatic rings. The molecule has 1 aromatic carbocycles. The van der Waals surface area contributed by atoms with E-state index in [1.807, 2.05) is 45.0 Å². The molecule has 1 amide bonds. The Morgan fingerprint density at radius 1 is 1.33 bits per heavy atom. The molecular formula is C17H23NO3. The molecule has 1 aromatic rings. The lowest BCUT2D eigenvalue weighted by Crippen LogP contribution is -2.42. The first-order valence-corrected chi connectivity index (χ1v) is 7.43. The predicted octanol–water partition coefficient (Wildman–Crippen LogP) is 3.61. The van der Waals surface area contributed by atoms with Crippen LogP contribution in [0.2, 0.25) is 0 Å². The van der Waals surface area contributed by atoms with Crippen LogP contribution >= 0.6 is 0 Å². The minimum absolute atomic E-state index is 0.202. The van der Waals surface area contributed by atoms with Crippen LogP contribution in [-0.2, 0) is 4.74 Å². The fourth-order valence-electron chi connectivity index (χ4n) is 2.71. The molecule has 0 aliphatic carbocycles. The number of carbonyl (C=O) groups excluding carboxylic acids is 2. The van der Waals surface area contributed by atoms with Crippen molar-refractivity contribution >= 4 is 12.4 Å². The number of amides is 1. The number of carbonyl (C=O) groups is 2. The standard InChI is InChI=1S/C17H23NO3/c1-17(2,3)21-16(20)18-10-6-8-13(11-18)15-9-5-4-7-14(15)12-19/h4-5,7,9,12-13H,6,8,10-11H2,1-3H3. The second-order valence-corrected chi connectivity index (χ2v) is 6.51. The van der Waals surface area contributed by atoms with Gasteiger partial charge in [-0.1, -0.05) is 24.3 Å². The van der Waals surface area contributed by atoms with E-state index in [0.717, 1.165) is 24.7 Å². The molecular weight excluding hydrogens is 266 g/mol. The molecule has 0 radical (unpaired) electrons. The van der Waals surface area contributed by atoms with Gasteiger partial charge in [0.05, 0.1) is 0 Å². The molecule has 1 saturated heterocycles. The normalized spacial score (nSPS) is 19.2. The van der Waals surface area contributed by atoms with Crippen LogP contribution in [0, 0.1) is 0 Å². The molecule has 0 N–H and O–H groups in total. The van der Waals surface area contributed by atoms with Crippen LogP contribution in [0.3, 0.4) is 0 Å². The quantitative estimate of drug-likeness (QED) is 0.781. The van der Waals surface area contributed by atoms with E-state index in [4.69, 9.17) is 4.74 Å². The highest BCUT2D eigenvalue weighted by atomic mass is 16.6. The Balaban J connectivity index is 2.10. The van der Waals surface area contributed by atoms with Gasteiger partial charge in [0.1, 0.15) is 11.9 Å². The van der Waals surface area contributed by atoms with Crippen molar-refractivity contribution in [3.63, 3.8) is 0 Å². The number of nitrogens with zero attached hydrogens (tertiary/aromatic N) is 1. The number of ether oxygens (including phenoxy) is 1. The van der Waals surface area contributed by atoms with Gasteiger partial charge in [-0.05, 0) is 39.2 Å². The first kappa shape index (κ1) is 15.5. The molecule has 1 unspecified atom stereocenters. The van der Waals surface area contributed by atoms with Crippen LogP contribution < -0.4 is 0 Å². The summed E-state index contributed by atoms with van der Waals surface area (Å²) in [7, 11) is 0. The number of piperidine rings is 1. The second kappa shape index (κ2) is 6.29. The Morgan fingerprint density at radius 3 is 2.71 bits per heavy atom. The summed E-state index contributed by atoms with van der Waals surface area (Å²) in [4.78, 5) is 25.1. The van der Waals surface area contributed by atoms with Crippen LogP contribution in [0.15, 0.2) is 24.3 Å². The van der Waals surface area contributed by atoms with Gasteiger partial charge >= 0.3 is 6.09 Å². The Morgan fingerprint density at radius 2 is 2.05 bits per heavy atom. The summed E-state index contributed by atoms with van der Waals surface area (Å²) in [6.45, 7) is 6.94. The number of likely N-dealkylation sites (tertiary alicyclic amines) is 1. The van der Waals surface area contributed by atoms with E-state index < -0.39 is 5.60 Å². The molecule has 21 heavy (non-hydrogen) atoms. The summed E-state index contributed by atoms with van der Waals surface area (Å²) in [6.07, 6.45) is 2.54. The van der Waals surface area contributed by atoms with Gasteiger partial charge in [-0.3, -0.25) is 4.79 Å². The highest BCUT2D eigenvalue weighted by molar-refractivity contribution is 5.77. The maximum atomic E-state index is 12.2. The lowest BCUT2D eigenvalue weighted by molar-refractivity contribution is 0.0198. The molecule has 1 heterocycles. The van der Waals surface area contributed by atoms with E-state index in [0.29, 0.717) is 18.7 Å². The summed E-state index contributed by atoms with van der Waals surface area (Å²) in [5.41, 5.74) is 1.26. The van der Waals surface area contributed by atoms with E-state index in [2.05, 4.69) is 0 Å². The predicted molar refractivity (Wildman–Crippen MR) is 81.6 cm³/mol. The number of aldehydes is 1. The Bertz CT molecular complexity index is 519. The van der Waals surface area contributed by atoms with Gasteiger partial charge in [-0.25, -0.2) is 4.79 Å². The van der Waals surface area contributed by atoms with Crippen molar-refractivity contribution in [2.24, 2.45) is 0 Å². The zero-order chi connectivity index (χ0) is 15.5. The molecule has 0 aromatic heterocycles.